The van der Waals surface area contributed by atoms with E-state index in [-0.39, 0.29) is 5.54 Å². The van der Waals surface area contributed by atoms with Crippen LogP contribution in [0.25, 0.3) is 0 Å². The number of nitrogens with zero attached hydrogens (tertiary/aromatic N) is 2. The van der Waals surface area contributed by atoms with Crippen molar-refractivity contribution in [2.45, 2.75) is 25.8 Å². The highest BCUT2D eigenvalue weighted by Crippen LogP contribution is 2.17. The Balaban J connectivity index is 2.60. The van der Waals surface area contributed by atoms with Crippen LogP contribution >= 0.6 is 11.3 Å². The number of anilines is 1. The highest BCUT2D eigenvalue weighted by Gasteiger charge is 2.20. The van der Waals surface area contributed by atoms with E-state index < -0.39 is 0 Å². The first-order chi connectivity index (χ1) is 5.70. The number of hydrogen-bond donors (Lipinski definition) is 2. The average molecular weight is 186 g/mol. The molecule has 0 aliphatic heterocycles. The maximum Gasteiger partial charge on any atom is 0.205 e. The molecule has 0 spiro atoms. The third-order valence-corrected chi connectivity index (χ3v) is 2.61. The van der Waals surface area contributed by atoms with Crippen LogP contribution in [0.3, 0.4) is 0 Å². The van der Waals surface area contributed by atoms with Crippen molar-refractivity contribution >= 4 is 16.5 Å². The van der Waals surface area contributed by atoms with E-state index in [0.717, 1.165) is 11.6 Å². The van der Waals surface area contributed by atoms with Gasteiger partial charge in [0.15, 0.2) is 0 Å². The molecule has 1 unspecified atom stereocenters. The van der Waals surface area contributed by atoms with Crippen LogP contribution in [0.2, 0.25) is 0 Å². The summed E-state index contributed by atoms with van der Waals surface area (Å²) < 4.78 is 0. The summed E-state index contributed by atoms with van der Waals surface area (Å²) in [6, 6.07) is 0. The summed E-state index contributed by atoms with van der Waals surface area (Å²) in [5.74, 6) is 0. The smallest absolute Gasteiger partial charge is 0.205 e. The molecule has 0 saturated carbocycles. The van der Waals surface area contributed by atoms with Gasteiger partial charge < -0.3 is 11.1 Å². The van der Waals surface area contributed by atoms with Gasteiger partial charge >= 0.3 is 0 Å². The Morgan fingerprint density at radius 1 is 1.75 bits per heavy atom. The lowest BCUT2D eigenvalue weighted by Crippen LogP contribution is -2.41. The lowest BCUT2D eigenvalue weighted by molar-refractivity contribution is 0.505. The van der Waals surface area contributed by atoms with Crippen LogP contribution in [0.4, 0.5) is 5.13 Å². The molecule has 5 heteroatoms. The molecule has 0 aliphatic rings. The van der Waals surface area contributed by atoms with Crippen molar-refractivity contribution in [3.8, 4) is 0 Å². The van der Waals surface area contributed by atoms with E-state index in [2.05, 4.69) is 29.4 Å². The van der Waals surface area contributed by atoms with Crippen molar-refractivity contribution < 1.29 is 0 Å². The van der Waals surface area contributed by atoms with E-state index in [1.807, 2.05) is 0 Å². The Labute approximate surface area is 76.2 Å². The van der Waals surface area contributed by atoms with Gasteiger partial charge in [-0.05, 0) is 13.3 Å². The number of nitrogens with two attached hydrogens (primary N) is 1. The molecule has 1 rings (SSSR count). The fourth-order valence-corrected chi connectivity index (χ4v) is 1.36. The lowest BCUT2D eigenvalue weighted by Gasteiger charge is -2.27. The first-order valence-electron chi connectivity index (χ1n) is 3.94. The zero-order valence-electron chi connectivity index (χ0n) is 7.37. The zero-order valence-corrected chi connectivity index (χ0v) is 8.19. The standard InChI is InChI=1S/C7H14N4S/c1-3-7(2,4-8)10-6-11-9-5-12-6/h5H,3-4,8H2,1-2H3,(H,10,11). The highest BCUT2D eigenvalue weighted by atomic mass is 32.1. The Morgan fingerprint density at radius 2 is 2.50 bits per heavy atom. The minimum atomic E-state index is -0.0560. The van der Waals surface area contributed by atoms with E-state index in [4.69, 9.17) is 5.73 Å². The van der Waals surface area contributed by atoms with Crippen LogP contribution in [0, 0.1) is 0 Å². The van der Waals surface area contributed by atoms with Gasteiger partial charge in [0.25, 0.3) is 0 Å². The molecule has 1 atom stereocenters. The monoisotopic (exact) mass is 186 g/mol. The summed E-state index contributed by atoms with van der Waals surface area (Å²) in [5.41, 5.74) is 7.28. The van der Waals surface area contributed by atoms with Crippen molar-refractivity contribution in [1.29, 1.82) is 0 Å². The Kier molecular flexibility index (Phi) is 2.99. The van der Waals surface area contributed by atoms with Gasteiger partial charge in [-0.25, -0.2) is 0 Å². The summed E-state index contributed by atoms with van der Waals surface area (Å²) in [5, 5.41) is 11.7. The fourth-order valence-electron chi connectivity index (χ4n) is 0.769. The molecule has 0 radical (unpaired) electrons. The average Bonchev–Trinajstić information content (AvgIpc) is 2.57. The first kappa shape index (κ1) is 9.41. The molecule has 1 aromatic rings. The second-order valence-electron chi connectivity index (χ2n) is 2.99. The molecule has 0 bridgehead atoms. The van der Waals surface area contributed by atoms with Crippen LogP contribution in [0.5, 0.6) is 0 Å². The van der Waals surface area contributed by atoms with Crippen LogP contribution < -0.4 is 11.1 Å². The zero-order chi connectivity index (χ0) is 9.03. The Morgan fingerprint density at radius 3 is 2.92 bits per heavy atom. The summed E-state index contributed by atoms with van der Waals surface area (Å²) in [7, 11) is 0. The molecule has 1 aromatic heterocycles. The van der Waals surface area contributed by atoms with Gasteiger partial charge in [0.2, 0.25) is 5.13 Å². The molecular formula is C7H14N4S. The van der Waals surface area contributed by atoms with Gasteiger partial charge in [-0.3, -0.25) is 0 Å². The van der Waals surface area contributed by atoms with Crippen molar-refractivity contribution in [1.82, 2.24) is 10.2 Å². The molecule has 12 heavy (non-hydrogen) atoms. The molecule has 0 amide bonds. The normalized spacial score (nSPS) is 15.6. The molecule has 0 aromatic carbocycles. The molecule has 0 fully saturated rings. The SMILES string of the molecule is CCC(C)(CN)Nc1nncs1. The van der Waals surface area contributed by atoms with Crippen LogP contribution in [0.1, 0.15) is 20.3 Å². The Hall–Kier alpha value is -0.680. The summed E-state index contributed by atoms with van der Waals surface area (Å²) >= 11 is 1.49. The summed E-state index contributed by atoms with van der Waals surface area (Å²) in [4.78, 5) is 0. The van der Waals surface area contributed by atoms with E-state index in [1.165, 1.54) is 11.3 Å². The van der Waals surface area contributed by atoms with Crippen LogP contribution in [-0.2, 0) is 0 Å². The molecular weight excluding hydrogens is 172 g/mol. The number of rotatable bonds is 4. The fraction of sp³-hybridized carbons (Fsp3) is 0.714. The molecule has 0 saturated heterocycles. The lowest BCUT2D eigenvalue weighted by atomic mass is 10.00. The first-order valence-corrected chi connectivity index (χ1v) is 4.82. The molecule has 1 heterocycles. The number of aromatic nitrogens is 2. The van der Waals surface area contributed by atoms with Gasteiger partial charge in [-0.15, -0.1) is 10.2 Å². The van der Waals surface area contributed by atoms with Gasteiger partial charge in [0, 0.05) is 12.1 Å². The second kappa shape index (κ2) is 3.82. The second-order valence-corrected chi connectivity index (χ2v) is 3.82. The third kappa shape index (κ3) is 2.15. The van der Waals surface area contributed by atoms with Crippen molar-refractivity contribution in [2.75, 3.05) is 11.9 Å². The molecule has 4 nitrogen and oxygen atoms in total. The molecule has 0 aliphatic carbocycles. The van der Waals surface area contributed by atoms with Crippen LogP contribution in [-0.4, -0.2) is 22.3 Å². The van der Waals surface area contributed by atoms with Crippen LogP contribution in [0.15, 0.2) is 5.51 Å². The molecule has 68 valence electrons. The minimum Gasteiger partial charge on any atom is -0.354 e. The van der Waals surface area contributed by atoms with E-state index in [0.29, 0.717) is 6.54 Å². The van der Waals surface area contributed by atoms with Crippen molar-refractivity contribution in [3.05, 3.63) is 5.51 Å². The quantitative estimate of drug-likeness (QED) is 0.738. The van der Waals surface area contributed by atoms with Gasteiger partial charge in [0.05, 0.1) is 0 Å². The van der Waals surface area contributed by atoms with Gasteiger partial charge in [-0.2, -0.15) is 0 Å². The third-order valence-electron chi connectivity index (χ3n) is 2.00. The minimum absolute atomic E-state index is 0.0560. The highest BCUT2D eigenvalue weighted by molar-refractivity contribution is 7.13. The van der Waals surface area contributed by atoms with E-state index in [9.17, 15) is 0 Å². The van der Waals surface area contributed by atoms with Crippen molar-refractivity contribution in [3.63, 3.8) is 0 Å². The maximum atomic E-state index is 5.63. The van der Waals surface area contributed by atoms with E-state index >= 15 is 0 Å². The Bertz CT molecular complexity index is 217. The van der Waals surface area contributed by atoms with Gasteiger partial charge in [0.1, 0.15) is 5.51 Å². The molecule has 3 N–H and O–H groups in total. The number of nitrogens with one attached hydrogen (secondary N) is 1. The largest absolute Gasteiger partial charge is 0.354 e. The topological polar surface area (TPSA) is 63.8 Å². The predicted octanol–water partition coefficient (Wildman–Crippen LogP) is 1.08. The maximum absolute atomic E-state index is 5.63. The van der Waals surface area contributed by atoms with Crippen molar-refractivity contribution in [2.24, 2.45) is 5.73 Å². The summed E-state index contributed by atoms with van der Waals surface area (Å²) in [6.07, 6.45) is 0.975. The summed E-state index contributed by atoms with van der Waals surface area (Å²) in [6.45, 7) is 4.78. The number of hydrogen-bond acceptors (Lipinski definition) is 5. The predicted molar refractivity (Wildman–Crippen MR) is 51.3 cm³/mol. The van der Waals surface area contributed by atoms with E-state index in [1.54, 1.807) is 5.51 Å². The van der Waals surface area contributed by atoms with Gasteiger partial charge in [-0.1, -0.05) is 18.3 Å².